The van der Waals surface area contributed by atoms with Crippen LogP contribution >= 0.6 is 0 Å². The zero-order valence-corrected chi connectivity index (χ0v) is 10.6. The van der Waals surface area contributed by atoms with Crippen molar-refractivity contribution in [1.82, 2.24) is 0 Å². The highest BCUT2D eigenvalue weighted by atomic mass is 19.1. The second-order valence-electron chi connectivity index (χ2n) is 5.34. The summed E-state index contributed by atoms with van der Waals surface area (Å²) in [5.41, 5.74) is 7.13. The summed E-state index contributed by atoms with van der Waals surface area (Å²) in [6.07, 6.45) is 4.46. The molecular weight excluding hydrogens is 231 g/mol. The summed E-state index contributed by atoms with van der Waals surface area (Å²) >= 11 is 0. The average Bonchev–Trinajstić information content (AvgIpc) is 2.63. The van der Waals surface area contributed by atoms with Crippen LogP contribution in [0.2, 0.25) is 0 Å². The molecule has 1 aromatic rings. The van der Waals surface area contributed by atoms with Crippen LogP contribution in [0.1, 0.15) is 25.7 Å². The highest BCUT2D eigenvalue weighted by molar-refractivity contribution is 5.54. The van der Waals surface area contributed by atoms with Crippen LogP contribution in [0.3, 0.4) is 0 Å². The number of rotatable bonds is 2. The van der Waals surface area contributed by atoms with Crippen LogP contribution in [-0.4, -0.2) is 25.2 Å². The third kappa shape index (κ3) is 1.85. The molecule has 2 aliphatic heterocycles. The van der Waals surface area contributed by atoms with Crippen LogP contribution in [0.4, 0.5) is 10.1 Å². The lowest BCUT2D eigenvalue weighted by Crippen LogP contribution is -2.47. The van der Waals surface area contributed by atoms with Crippen LogP contribution in [0, 0.1) is 5.82 Å². The van der Waals surface area contributed by atoms with Crippen molar-refractivity contribution in [1.29, 1.82) is 0 Å². The number of hydrogen-bond acceptors (Lipinski definition) is 3. The second kappa shape index (κ2) is 4.43. The Kier molecular flexibility index (Phi) is 2.90. The summed E-state index contributed by atoms with van der Waals surface area (Å²) in [6, 6.07) is 6.48. The van der Waals surface area contributed by atoms with Gasteiger partial charge in [0.1, 0.15) is 0 Å². The summed E-state index contributed by atoms with van der Waals surface area (Å²) in [5, 5.41) is 0. The highest BCUT2D eigenvalue weighted by Gasteiger charge is 2.39. The Labute approximate surface area is 107 Å². The van der Waals surface area contributed by atoms with Gasteiger partial charge >= 0.3 is 0 Å². The zero-order chi connectivity index (χ0) is 12.7. The zero-order valence-electron chi connectivity index (χ0n) is 10.6. The minimum Gasteiger partial charge on any atom is -0.494 e. The van der Waals surface area contributed by atoms with E-state index in [1.54, 1.807) is 6.07 Å². The van der Waals surface area contributed by atoms with Gasteiger partial charge in [0, 0.05) is 29.9 Å². The SMILES string of the molecule is COc1cc(N2C3CCC2CC(N)C3)ccc1F. The highest BCUT2D eigenvalue weighted by Crippen LogP contribution is 2.40. The van der Waals surface area contributed by atoms with Gasteiger partial charge in [0.15, 0.2) is 11.6 Å². The molecule has 3 rings (SSSR count). The quantitative estimate of drug-likeness (QED) is 0.875. The van der Waals surface area contributed by atoms with Crippen LogP contribution in [-0.2, 0) is 0 Å². The Hall–Kier alpha value is -1.29. The Morgan fingerprint density at radius 3 is 2.56 bits per heavy atom. The molecule has 0 amide bonds. The van der Waals surface area contributed by atoms with Crippen molar-refractivity contribution in [3.8, 4) is 5.75 Å². The minimum absolute atomic E-state index is 0.303. The van der Waals surface area contributed by atoms with Gasteiger partial charge in [0.25, 0.3) is 0 Å². The van der Waals surface area contributed by atoms with Gasteiger partial charge in [-0.2, -0.15) is 0 Å². The van der Waals surface area contributed by atoms with Gasteiger partial charge in [0.2, 0.25) is 0 Å². The van der Waals surface area contributed by atoms with Crippen molar-refractivity contribution in [2.75, 3.05) is 12.0 Å². The Morgan fingerprint density at radius 1 is 1.28 bits per heavy atom. The predicted molar refractivity (Wildman–Crippen MR) is 69.5 cm³/mol. The number of fused-ring (bicyclic) bond motifs is 2. The van der Waals surface area contributed by atoms with Crippen LogP contribution < -0.4 is 15.4 Å². The van der Waals surface area contributed by atoms with Gasteiger partial charge < -0.3 is 15.4 Å². The normalized spacial score (nSPS) is 30.6. The summed E-state index contributed by atoms with van der Waals surface area (Å²) in [6.45, 7) is 0. The van der Waals surface area contributed by atoms with E-state index in [1.165, 1.54) is 26.0 Å². The predicted octanol–water partition coefficient (Wildman–Crippen LogP) is 2.29. The van der Waals surface area contributed by atoms with E-state index >= 15 is 0 Å². The third-order valence-electron chi connectivity index (χ3n) is 4.20. The molecule has 2 unspecified atom stereocenters. The molecule has 2 aliphatic rings. The van der Waals surface area contributed by atoms with E-state index in [-0.39, 0.29) is 5.82 Å². The summed E-state index contributed by atoms with van der Waals surface area (Å²) in [7, 11) is 1.50. The number of anilines is 1. The number of methoxy groups -OCH3 is 1. The first kappa shape index (κ1) is 11.8. The van der Waals surface area contributed by atoms with Crippen molar-refractivity contribution in [2.24, 2.45) is 5.73 Å². The fourth-order valence-corrected chi connectivity index (χ4v) is 3.45. The van der Waals surface area contributed by atoms with Crippen LogP contribution in [0.15, 0.2) is 18.2 Å². The van der Waals surface area contributed by atoms with Gasteiger partial charge in [-0.05, 0) is 37.8 Å². The molecule has 0 aliphatic carbocycles. The molecule has 4 heteroatoms. The van der Waals surface area contributed by atoms with Crippen LogP contribution in [0.5, 0.6) is 5.75 Å². The largest absolute Gasteiger partial charge is 0.494 e. The van der Waals surface area contributed by atoms with Gasteiger partial charge in [-0.3, -0.25) is 0 Å². The Bertz CT molecular complexity index is 437. The molecule has 3 nitrogen and oxygen atoms in total. The molecule has 2 fully saturated rings. The lowest BCUT2D eigenvalue weighted by molar-refractivity contribution is 0.384. The molecule has 0 spiro atoms. The van der Waals surface area contributed by atoms with E-state index in [4.69, 9.17) is 10.5 Å². The van der Waals surface area contributed by atoms with E-state index in [9.17, 15) is 4.39 Å². The van der Waals surface area contributed by atoms with Crippen molar-refractivity contribution in [2.45, 2.75) is 43.8 Å². The Balaban J connectivity index is 1.91. The van der Waals surface area contributed by atoms with Gasteiger partial charge in [-0.15, -0.1) is 0 Å². The van der Waals surface area contributed by atoms with Gasteiger partial charge in [-0.25, -0.2) is 4.39 Å². The van der Waals surface area contributed by atoms with Crippen molar-refractivity contribution < 1.29 is 9.13 Å². The lowest BCUT2D eigenvalue weighted by atomic mass is 9.97. The van der Waals surface area contributed by atoms with E-state index in [2.05, 4.69) is 4.90 Å². The van der Waals surface area contributed by atoms with Gasteiger partial charge in [-0.1, -0.05) is 0 Å². The fourth-order valence-electron chi connectivity index (χ4n) is 3.45. The maximum atomic E-state index is 13.4. The number of nitrogens with two attached hydrogens (primary N) is 1. The smallest absolute Gasteiger partial charge is 0.165 e. The number of piperidine rings is 1. The molecule has 18 heavy (non-hydrogen) atoms. The molecular formula is C14H19FN2O. The molecule has 1 aromatic carbocycles. The van der Waals surface area contributed by atoms with Gasteiger partial charge in [0.05, 0.1) is 7.11 Å². The topological polar surface area (TPSA) is 38.5 Å². The molecule has 0 saturated carbocycles. The average molecular weight is 250 g/mol. The molecule has 2 atom stereocenters. The third-order valence-corrected chi connectivity index (χ3v) is 4.20. The summed E-state index contributed by atoms with van der Waals surface area (Å²) in [4.78, 5) is 2.41. The molecule has 0 radical (unpaired) electrons. The van der Waals surface area contributed by atoms with Crippen LogP contribution in [0.25, 0.3) is 0 Å². The second-order valence-corrected chi connectivity index (χ2v) is 5.34. The Morgan fingerprint density at radius 2 is 1.94 bits per heavy atom. The van der Waals surface area contributed by atoms with E-state index < -0.39 is 0 Å². The molecule has 2 bridgehead atoms. The standard InChI is InChI=1S/C14H19FN2O/c1-18-14-8-12(4-5-13(14)15)17-10-2-3-11(17)7-9(16)6-10/h4-5,8-11H,2-3,6-7,16H2,1H3. The van der Waals surface area contributed by atoms with Crippen molar-refractivity contribution in [3.05, 3.63) is 24.0 Å². The number of nitrogens with zero attached hydrogens (tertiary/aromatic N) is 1. The molecule has 2 saturated heterocycles. The van der Waals surface area contributed by atoms with E-state index in [1.807, 2.05) is 6.07 Å². The number of ether oxygens (including phenoxy) is 1. The first-order valence-electron chi connectivity index (χ1n) is 6.56. The number of halogens is 1. The maximum Gasteiger partial charge on any atom is 0.165 e. The van der Waals surface area contributed by atoms with Crippen molar-refractivity contribution >= 4 is 5.69 Å². The fraction of sp³-hybridized carbons (Fsp3) is 0.571. The number of hydrogen-bond donors (Lipinski definition) is 1. The summed E-state index contributed by atoms with van der Waals surface area (Å²) < 4.78 is 18.5. The van der Waals surface area contributed by atoms with Crippen molar-refractivity contribution in [3.63, 3.8) is 0 Å². The first-order chi connectivity index (χ1) is 8.69. The molecule has 98 valence electrons. The monoisotopic (exact) mass is 250 g/mol. The summed E-state index contributed by atoms with van der Waals surface area (Å²) in [5.74, 6) is 0.0177. The maximum absolute atomic E-state index is 13.4. The molecule has 0 aromatic heterocycles. The lowest BCUT2D eigenvalue weighted by Gasteiger charge is -2.39. The van der Waals surface area contributed by atoms with E-state index in [0.717, 1.165) is 18.5 Å². The first-order valence-corrected chi connectivity index (χ1v) is 6.56. The molecule has 2 N–H and O–H groups in total. The van der Waals surface area contributed by atoms with E-state index in [0.29, 0.717) is 23.9 Å². The minimum atomic E-state index is -0.303. The number of benzene rings is 1. The molecule has 2 heterocycles.